The second-order valence-corrected chi connectivity index (χ2v) is 10.6. The Morgan fingerprint density at radius 1 is 1.07 bits per heavy atom. The Bertz CT molecular complexity index is 1230. The lowest BCUT2D eigenvalue weighted by molar-refractivity contribution is 0.0666. The van der Waals surface area contributed by atoms with Crippen molar-refractivity contribution >= 4 is 5.91 Å². The van der Waals surface area contributed by atoms with E-state index in [1.54, 1.807) is 12.1 Å². The number of aryl methyl sites for hydroxylation is 1. The first kappa shape index (κ1) is 29.7. The highest BCUT2D eigenvalue weighted by Gasteiger charge is 2.36. The summed E-state index contributed by atoms with van der Waals surface area (Å²) in [5.41, 5.74) is 3.99. The van der Waals surface area contributed by atoms with Crippen LogP contribution in [0.15, 0.2) is 72.8 Å². The van der Waals surface area contributed by atoms with Crippen molar-refractivity contribution in [1.29, 1.82) is 0 Å². The number of halogens is 1. The molecule has 1 atom stereocenters. The summed E-state index contributed by atoms with van der Waals surface area (Å²) in [7, 11) is 2.17. The van der Waals surface area contributed by atoms with Crippen LogP contribution in [-0.4, -0.2) is 67.1 Å². The third-order valence-electron chi connectivity index (χ3n) is 7.72. The number of aliphatic hydroxyl groups excluding tert-OH is 2. The Morgan fingerprint density at radius 3 is 2.50 bits per heavy atom. The average molecular weight is 554 g/mol. The standard InChI is InChI=1S/C23H28N2O2.C9H12FNO2.2H2/c1-25-14-12-23(13-15-25,19-9-3-2-4-10-19)17-24-22(26)20-11-5-7-18-8-6-16-27-21(18)20;10-8-3-1-7(2-4-8)5-11-9(13)6-12;;/h2-5,7,9-11H,6,8,12-17H2,1H3,(H,24,26);1-4,9,11-13H,5-6H2;2*1H. The summed E-state index contributed by atoms with van der Waals surface area (Å²) in [5.74, 6) is 0.466. The summed E-state index contributed by atoms with van der Waals surface area (Å²) in [4.78, 5) is 15.4. The molecule has 2 aliphatic heterocycles. The van der Waals surface area contributed by atoms with Crippen LogP contribution in [0.3, 0.4) is 0 Å². The number of fused-ring (bicyclic) bond motifs is 1. The van der Waals surface area contributed by atoms with Gasteiger partial charge in [0.1, 0.15) is 17.8 Å². The molecule has 1 amide bonds. The van der Waals surface area contributed by atoms with Crippen molar-refractivity contribution in [2.24, 2.45) is 0 Å². The lowest BCUT2D eigenvalue weighted by Crippen LogP contribution is -2.48. The van der Waals surface area contributed by atoms with Gasteiger partial charge in [0.05, 0.1) is 18.8 Å². The molecule has 2 aliphatic rings. The zero-order valence-electron chi connectivity index (χ0n) is 23.1. The number of para-hydroxylation sites is 1. The number of amides is 1. The maximum atomic E-state index is 13.0. The molecule has 1 unspecified atom stereocenters. The molecule has 3 aromatic rings. The van der Waals surface area contributed by atoms with Crippen molar-refractivity contribution in [3.05, 3.63) is 101 Å². The van der Waals surface area contributed by atoms with Gasteiger partial charge in [-0.2, -0.15) is 0 Å². The Labute approximate surface area is 239 Å². The van der Waals surface area contributed by atoms with E-state index in [0.717, 1.165) is 55.6 Å². The van der Waals surface area contributed by atoms with Crippen LogP contribution in [0.4, 0.5) is 4.39 Å². The number of ether oxygens (including phenoxy) is 1. The predicted molar refractivity (Wildman–Crippen MR) is 158 cm³/mol. The smallest absolute Gasteiger partial charge is 0.255 e. The predicted octanol–water partition coefficient (Wildman–Crippen LogP) is 4.12. The fourth-order valence-corrected chi connectivity index (χ4v) is 5.22. The van der Waals surface area contributed by atoms with E-state index >= 15 is 0 Å². The summed E-state index contributed by atoms with van der Waals surface area (Å²) in [6, 6.07) is 22.5. The monoisotopic (exact) mass is 553 g/mol. The molecule has 2 heterocycles. The molecule has 7 nitrogen and oxygen atoms in total. The van der Waals surface area contributed by atoms with Crippen molar-refractivity contribution in [3.63, 3.8) is 0 Å². The number of hydrogen-bond acceptors (Lipinski definition) is 6. The van der Waals surface area contributed by atoms with Crippen LogP contribution in [0, 0.1) is 5.82 Å². The Morgan fingerprint density at radius 2 is 1.80 bits per heavy atom. The normalized spacial score (nSPS) is 17.0. The molecule has 0 spiro atoms. The fraction of sp³-hybridized carbons (Fsp3) is 0.406. The van der Waals surface area contributed by atoms with Crippen molar-refractivity contribution in [2.45, 2.75) is 43.9 Å². The third kappa shape index (κ3) is 7.88. The lowest BCUT2D eigenvalue weighted by Gasteiger charge is -2.41. The molecule has 1 saturated heterocycles. The van der Waals surface area contributed by atoms with Crippen LogP contribution in [0.5, 0.6) is 5.75 Å². The van der Waals surface area contributed by atoms with Crippen LogP contribution in [0.2, 0.25) is 0 Å². The molecule has 0 bridgehead atoms. The molecule has 40 heavy (non-hydrogen) atoms. The van der Waals surface area contributed by atoms with Gasteiger partial charge in [-0.1, -0.05) is 54.6 Å². The first-order valence-electron chi connectivity index (χ1n) is 13.9. The van der Waals surface area contributed by atoms with E-state index in [1.165, 1.54) is 17.7 Å². The molecule has 0 radical (unpaired) electrons. The molecule has 1 fully saturated rings. The molecule has 0 aliphatic carbocycles. The molecule has 4 N–H and O–H groups in total. The average Bonchev–Trinajstić information content (AvgIpc) is 3.01. The number of hydrogen-bond donors (Lipinski definition) is 4. The number of aliphatic hydroxyl groups is 2. The van der Waals surface area contributed by atoms with Gasteiger partial charge in [-0.3, -0.25) is 10.1 Å². The molecule has 5 rings (SSSR count). The minimum atomic E-state index is -0.926. The summed E-state index contributed by atoms with van der Waals surface area (Å²) >= 11 is 0. The van der Waals surface area contributed by atoms with Gasteiger partial charge in [-0.25, -0.2) is 4.39 Å². The van der Waals surface area contributed by atoms with Gasteiger partial charge in [-0.05, 0) is 80.7 Å². The number of nitrogens with zero attached hydrogens (tertiary/aromatic N) is 1. The molecule has 8 heteroatoms. The molecular formula is C32H44FN3O4. The molecule has 218 valence electrons. The number of piperidine rings is 1. The Balaban J connectivity index is 0.000000351. The molecule has 3 aromatic carbocycles. The van der Waals surface area contributed by atoms with Gasteiger partial charge in [0, 0.05) is 21.4 Å². The van der Waals surface area contributed by atoms with Gasteiger partial charge in [-0.15, -0.1) is 0 Å². The number of likely N-dealkylation sites (tertiary alicyclic amines) is 1. The zero-order chi connectivity index (χ0) is 28.4. The minimum Gasteiger partial charge on any atom is -0.492 e. The Kier molecular flexibility index (Phi) is 10.7. The van der Waals surface area contributed by atoms with E-state index in [9.17, 15) is 9.18 Å². The second kappa shape index (κ2) is 14.4. The number of nitrogens with one attached hydrogen (secondary N) is 2. The largest absolute Gasteiger partial charge is 0.492 e. The quantitative estimate of drug-likeness (QED) is 0.314. The molecule has 0 saturated carbocycles. The summed E-state index contributed by atoms with van der Waals surface area (Å²) in [6.07, 6.45) is 3.18. The van der Waals surface area contributed by atoms with Crippen LogP contribution in [0.25, 0.3) is 0 Å². The SMILES string of the molecule is CN1CCC(CNC(=O)c2cccc3c2OCCC3)(c2ccccc2)CC1.OCC(O)NCc1ccc(F)cc1.[HH].[HH]. The van der Waals surface area contributed by atoms with E-state index in [-0.39, 0.29) is 26.6 Å². The van der Waals surface area contributed by atoms with E-state index < -0.39 is 6.23 Å². The Hall–Kier alpha value is -3.30. The number of carbonyl (C=O) groups excluding carboxylic acids is 1. The van der Waals surface area contributed by atoms with Gasteiger partial charge < -0.3 is 25.2 Å². The first-order valence-corrected chi connectivity index (χ1v) is 13.9. The number of benzene rings is 3. The number of carbonyl (C=O) groups is 1. The lowest BCUT2D eigenvalue weighted by atomic mass is 9.72. The highest BCUT2D eigenvalue weighted by Crippen LogP contribution is 2.35. The summed E-state index contributed by atoms with van der Waals surface area (Å²) < 4.78 is 18.3. The fourth-order valence-electron chi connectivity index (χ4n) is 5.22. The van der Waals surface area contributed by atoms with E-state index in [4.69, 9.17) is 14.9 Å². The maximum Gasteiger partial charge on any atom is 0.255 e. The minimum absolute atomic E-state index is 0. The van der Waals surface area contributed by atoms with Gasteiger partial charge >= 0.3 is 0 Å². The van der Waals surface area contributed by atoms with Gasteiger partial charge in [0.15, 0.2) is 0 Å². The van der Waals surface area contributed by atoms with Crippen LogP contribution < -0.4 is 15.4 Å². The van der Waals surface area contributed by atoms with E-state index in [2.05, 4.69) is 59.0 Å². The second-order valence-electron chi connectivity index (χ2n) is 10.6. The van der Waals surface area contributed by atoms with Gasteiger partial charge in [0.25, 0.3) is 5.91 Å². The van der Waals surface area contributed by atoms with Crippen LogP contribution >= 0.6 is 0 Å². The van der Waals surface area contributed by atoms with Crippen molar-refractivity contribution < 1.29 is 27.0 Å². The van der Waals surface area contributed by atoms with Crippen molar-refractivity contribution in [3.8, 4) is 5.75 Å². The number of rotatable bonds is 8. The van der Waals surface area contributed by atoms with E-state index in [1.807, 2.05) is 12.1 Å². The molecule has 0 aromatic heterocycles. The van der Waals surface area contributed by atoms with Crippen molar-refractivity contribution in [1.82, 2.24) is 15.5 Å². The van der Waals surface area contributed by atoms with E-state index in [0.29, 0.717) is 25.3 Å². The zero-order valence-corrected chi connectivity index (χ0v) is 23.1. The maximum absolute atomic E-state index is 13.0. The van der Waals surface area contributed by atoms with Crippen LogP contribution in [0.1, 0.15) is 49.2 Å². The first-order chi connectivity index (χ1) is 19.4. The highest BCUT2D eigenvalue weighted by molar-refractivity contribution is 5.97. The topological polar surface area (TPSA) is 94.1 Å². The summed E-state index contributed by atoms with van der Waals surface area (Å²) in [6.45, 7) is 3.53. The third-order valence-corrected chi connectivity index (χ3v) is 7.72. The highest BCUT2D eigenvalue weighted by atomic mass is 19.1. The van der Waals surface area contributed by atoms with Gasteiger partial charge in [0.2, 0.25) is 0 Å². The van der Waals surface area contributed by atoms with Crippen molar-refractivity contribution in [2.75, 3.05) is 39.9 Å². The summed E-state index contributed by atoms with van der Waals surface area (Å²) in [5, 5.41) is 23.3. The molecular weight excluding hydrogens is 509 g/mol. The van der Waals surface area contributed by atoms with Crippen LogP contribution in [-0.2, 0) is 18.4 Å².